The van der Waals surface area contributed by atoms with E-state index in [1.54, 1.807) is 0 Å². The van der Waals surface area contributed by atoms with Crippen molar-refractivity contribution in [2.75, 3.05) is 0 Å². The molecular weight excluding hydrogens is 354 g/mol. The topological polar surface area (TPSA) is 23.8 Å². The van der Waals surface area contributed by atoms with Crippen LogP contribution in [0.2, 0.25) is 0 Å². The Morgan fingerprint density at radius 3 is 1.21 bits per heavy atom. The average Bonchev–Trinajstić information content (AvgIpc) is 2.78. The smallest absolute Gasteiger partial charge is 0.179 e. The van der Waals surface area contributed by atoms with Gasteiger partial charge in [-0.15, -0.1) is 0 Å². The van der Waals surface area contributed by atoms with Gasteiger partial charge in [0.15, 0.2) is 8.07 Å². The zero-order valence-electron chi connectivity index (χ0n) is 15.6. The van der Waals surface area contributed by atoms with Gasteiger partial charge >= 0.3 is 0 Å². The van der Waals surface area contributed by atoms with Crippen molar-refractivity contribution in [1.29, 1.82) is 5.26 Å². The summed E-state index contributed by atoms with van der Waals surface area (Å²) in [5.41, 5.74) is 1.06. The van der Waals surface area contributed by atoms with Gasteiger partial charge in [-0.25, -0.2) is 0 Å². The Morgan fingerprint density at radius 2 is 0.857 bits per heavy atom. The first-order chi connectivity index (χ1) is 13.9. The zero-order chi connectivity index (χ0) is 19.2. The Bertz CT molecular complexity index is 969. The number of nitriles is 1. The Hall–Kier alpha value is -3.41. The van der Waals surface area contributed by atoms with Gasteiger partial charge < -0.3 is 0 Å². The molecule has 0 atom stereocenters. The highest BCUT2D eigenvalue weighted by molar-refractivity contribution is 7.19. The summed E-state index contributed by atoms with van der Waals surface area (Å²) >= 11 is 0. The minimum absolute atomic E-state index is 0.441. The van der Waals surface area contributed by atoms with Gasteiger partial charge in [0.25, 0.3) is 0 Å². The first-order valence-corrected chi connectivity index (χ1v) is 11.5. The normalized spacial score (nSPS) is 11.0. The summed E-state index contributed by atoms with van der Waals surface area (Å²) in [5.74, 6) is 0. The first kappa shape index (κ1) is 18.0. The highest BCUT2D eigenvalue weighted by Gasteiger charge is 2.41. The lowest BCUT2D eigenvalue weighted by Crippen LogP contribution is -2.74. The van der Waals surface area contributed by atoms with Crippen LogP contribution in [0.3, 0.4) is 0 Å². The van der Waals surface area contributed by atoms with E-state index < -0.39 is 8.07 Å². The second-order valence-electron chi connectivity index (χ2n) is 6.88. The van der Waals surface area contributed by atoms with Crippen LogP contribution >= 0.6 is 0 Å². The lowest BCUT2D eigenvalue weighted by Gasteiger charge is -2.34. The van der Waals surface area contributed by atoms with Crippen LogP contribution in [0.4, 0.5) is 0 Å². The molecule has 4 aromatic rings. The summed E-state index contributed by atoms with van der Waals surface area (Å²) in [6, 6.07) is 43.5. The molecule has 1 nitrogen and oxygen atoms in total. The maximum atomic E-state index is 9.04. The van der Waals surface area contributed by atoms with E-state index in [1.165, 1.54) is 20.7 Å². The van der Waals surface area contributed by atoms with E-state index in [-0.39, 0.29) is 0 Å². The number of rotatable bonds is 5. The van der Waals surface area contributed by atoms with Gasteiger partial charge in [-0.2, -0.15) is 5.26 Å². The molecule has 0 heterocycles. The number of hydrogen-bond donors (Lipinski definition) is 0. The first-order valence-electron chi connectivity index (χ1n) is 9.48. The fraction of sp³-hybridized carbons (Fsp3) is 0.0385. The Labute approximate surface area is 167 Å². The standard InChI is InChI=1S/C26H21NSi/c27-21-20-22-16-18-26(19-17-22)28(23-10-4-1-5-11-23,24-12-6-2-7-13-24)25-14-8-3-9-15-25/h1-19H,20H2. The molecule has 0 bridgehead atoms. The third kappa shape index (κ3) is 3.17. The fourth-order valence-corrected chi connectivity index (χ4v) is 8.77. The van der Waals surface area contributed by atoms with Gasteiger partial charge in [0.1, 0.15) is 0 Å². The molecule has 2 heteroatoms. The Balaban J connectivity index is 2.06. The summed E-state index contributed by atoms with van der Waals surface area (Å²) in [5, 5.41) is 14.5. The monoisotopic (exact) mass is 375 g/mol. The second-order valence-corrected chi connectivity index (χ2v) is 10.7. The molecule has 0 amide bonds. The molecule has 0 aromatic heterocycles. The summed E-state index contributed by atoms with van der Waals surface area (Å²) in [7, 11) is -2.43. The maximum absolute atomic E-state index is 9.04. The molecule has 0 unspecified atom stereocenters. The van der Waals surface area contributed by atoms with E-state index in [0.717, 1.165) is 5.56 Å². The van der Waals surface area contributed by atoms with Crippen LogP contribution in [0.25, 0.3) is 0 Å². The van der Waals surface area contributed by atoms with Crippen molar-refractivity contribution >= 4 is 28.8 Å². The van der Waals surface area contributed by atoms with E-state index in [9.17, 15) is 0 Å². The van der Waals surface area contributed by atoms with E-state index in [4.69, 9.17) is 5.26 Å². The van der Waals surface area contributed by atoms with Crippen molar-refractivity contribution in [3.8, 4) is 6.07 Å². The SMILES string of the molecule is N#CCc1ccc([Si](c2ccccc2)(c2ccccc2)c2ccccc2)cc1. The molecule has 0 aliphatic carbocycles. The zero-order valence-corrected chi connectivity index (χ0v) is 16.6. The van der Waals surface area contributed by atoms with E-state index in [0.29, 0.717) is 6.42 Å². The van der Waals surface area contributed by atoms with Crippen LogP contribution in [-0.2, 0) is 6.42 Å². The quantitative estimate of drug-likeness (QED) is 0.388. The van der Waals surface area contributed by atoms with Crippen LogP contribution < -0.4 is 20.7 Å². The van der Waals surface area contributed by atoms with Crippen molar-refractivity contribution < 1.29 is 0 Å². The largest absolute Gasteiger partial charge is 0.198 e. The summed E-state index contributed by atoms with van der Waals surface area (Å²) in [6.45, 7) is 0. The molecule has 28 heavy (non-hydrogen) atoms. The fourth-order valence-electron chi connectivity index (χ4n) is 4.03. The summed E-state index contributed by atoms with van der Waals surface area (Å²) in [4.78, 5) is 0. The van der Waals surface area contributed by atoms with E-state index in [1.807, 2.05) is 0 Å². The average molecular weight is 376 g/mol. The molecule has 0 saturated carbocycles. The molecule has 0 spiro atoms. The predicted molar refractivity (Wildman–Crippen MR) is 119 cm³/mol. The second kappa shape index (κ2) is 8.08. The van der Waals surface area contributed by atoms with Gasteiger partial charge in [-0.1, -0.05) is 115 Å². The maximum Gasteiger partial charge on any atom is 0.179 e. The third-order valence-electron chi connectivity index (χ3n) is 5.29. The van der Waals surface area contributed by atoms with Crippen LogP contribution in [-0.4, -0.2) is 8.07 Å². The lowest BCUT2D eigenvalue weighted by atomic mass is 10.2. The molecule has 4 rings (SSSR count). The Kier molecular flexibility index (Phi) is 5.19. The van der Waals surface area contributed by atoms with Gasteiger partial charge in [-0.05, 0) is 26.3 Å². The van der Waals surface area contributed by atoms with Crippen molar-refractivity contribution in [3.05, 3.63) is 121 Å². The van der Waals surface area contributed by atoms with Crippen LogP contribution in [0.15, 0.2) is 115 Å². The molecule has 0 aliphatic heterocycles. The van der Waals surface area contributed by atoms with Gasteiger partial charge in [-0.3, -0.25) is 0 Å². The molecule has 0 radical (unpaired) electrons. The number of benzene rings is 4. The molecule has 134 valence electrons. The molecule has 4 aromatic carbocycles. The predicted octanol–water partition coefficient (Wildman–Crippen LogP) is 3.13. The van der Waals surface area contributed by atoms with E-state index in [2.05, 4.69) is 121 Å². The van der Waals surface area contributed by atoms with Gasteiger partial charge in [0.2, 0.25) is 0 Å². The molecule has 0 saturated heterocycles. The van der Waals surface area contributed by atoms with Crippen molar-refractivity contribution in [2.45, 2.75) is 6.42 Å². The van der Waals surface area contributed by atoms with Gasteiger partial charge in [0.05, 0.1) is 12.5 Å². The van der Waals surface area contributed by atoms with E-state index >= 15 is 0 Å². The highest BCUT2D eigenvalue weighted by atomic mass is 28.3. The summed E-state index contributed by atoms with van der Waals surface area (Å²) in [6.07, 6.45) is 0.441. The van der Waals surface area contributed by atoms with Crippen LogP contribution in [0, 0.1) is 11.3 Å². The number of nitrogens with zero attached hydrogens (tertiary/aromatic N) is 1. The minimum atomic E-state index is -2.43. The van der Waals surface area contributed by atoms with Crippen molar-refractivity contribution in [2.24, 2.45) is 0 Å². The van der Waals surface area contributed by atoms with Crippen LogP contribution in [0.5, 0.6) is 0 Å². The van der Waals surface area contributed by atoms with Crippen molar-refractivity contribution in [1.82, 2.24) is 0 Å². The number of hydrogen-bond acceptors (Lipinski definition) is 1. The lowest BCUT2D eigenvalue weighted by molar-refractivity contribution is 1.27. The highest BCUT2D eigenvalue weighted by Crippen LogP contribution is 2.10. The molecule has 0 fully saturated rings. The van der Waals surface area contributed by atoms with Gasteiger partial charge in [0, 0.05) is 0 Å². The molecule has 0 N–H and O–H groups in total. The molecule has 0 aliphatic rings. The van der Waals surface area contributed by atoms with Crippen molar-refractivity contribution in [3.63, 3.8) is 0 Å². The summed E-state index contributed by atoms with van der Waals surface area (Å²) < 4.78 is 0. The minimum Gasteiger partial charge on any atom is -0.198 e. The Morgan fingerprint density at radius 1 is 0.500 bits per heavy atom. The van der Waals surface area contributed by atoms with Crippen LogP contribution in [0.1, 0.15) is 5.56 Å². The third-order valence-corrected chi connectivity index (χ3v) is 10.1. The molecular formula is C26H21NSi.